The molecule has 56 valence electrons. The summed E-state index contributed by atoms with van der Waals surface area (Å²) in [4.78, 5) is 12.2. The molecular weight excluding hydrogens is 130 g/mol. The molecule has 1 saturated heterocycles. The van der Waals surface area contributed by atoms with E-state index in [0.29, 0.717) is 12.0 Å². The number of carbonyl (C=O) groups is 1. The average molecular weight is 141 g/mol. The number of amides is 1. The zero-order valence-corrected chi connectivity index (χ0v) is 5.95. The smallest absolute Gasteiger partial charge is 0.407 e. The van der Waals surface area contributed by atoms with Crippen molar-refractivity contribution in [3.63, 3.8) is 0 Å². The molecule has 0 spiro atoms. The highest BCUT2D eigenvalue weighted by molar-refractivity contribution is 5.67. The number of rotatable bonds is 0. The molecule has 1 amide bonds. The maximum Gasteiger partial charge on any atom is 0.407 e. The quantitative estimate of drug-likeness (QED) is 0.549. The first-order valence-electron chi connectivity index (χ1n) is 3.71. The van der Waals surface area contributed by atoms with E-state index in [9.17, 15) is 4.79 Å². The minimum Gasteiger partial charge on any atom is -0.465 e. The van der Waals surface area contributed by atoms with E-state index in [1.165, 1.54) is 0 Å². The van der Waals surface area contributed by atoms with Crippen molar-refractivity contribution in [2.45, 2.75) is 31.8 Å². The minimum atomic E-state index is -0.738. The maximum absolute atomic E-state index is 10.6. The SMILES string of the molecule is C[C@@H]1C[C@@H]2C[C@@H]2N1C(=O)O. The van der Waals surface area contributed by atoms with Gasteiger partial charge in [-0.3, -0.25) is 0 Å². The van der Waals surface area contributed by atoms with Crippen molar-refractivity contribution in [3.8, 4) is 0 Å². The van der Waals surface area contributed by atoms with Crippen LogP contribution in [0.2, 0.25) is 0 Å². The maximum atomic E-state index is 10.6. The van der Waals surface area contributed by atoms with Gasteiger partial charge < -0.3 is 10.0 Å². The van der Waals surface area contributed by atoms with E-state index in [2.05, 4.69) is 0 Å². The van der Waals surface area contributed by atoms with E-state index in [1.807, 2.05) is 6.92 Å². The van der Waals surface area contributed by atoms with Crippen LogP contribution in [0.25, 0.3) is 0 Å². The molecule has 2 rings (SSSR count). The lowest BCUT2D eigenvalue weighted by Gasteiger charge is -2.20. The molecule has 1 saturated carbocycles. The van der Waals surface area contributed by atoms with Crippen molar-refractivity contribution < 1.29 is 9.90 Å². The molecule has 0 aromatic carbocycles. The van der Waals surface area contributed by atoms with Crippen molar-refractivity contribution in [2.24, 2.45) is 5.92 Å². The van der Waals surface area contributed by atoms with Crippen LogP contribution in [0.3, 0.4) is 0 Å². The molecule has 3 heteroatoms. The summed E-state index contributed by atoms with van der Waals surface area (Å²) in [5.41, 5.74) is 0. The van der Waals surface area contributed by atoms with Gasteiger partial charge in [-0.05, 0) is 25.7 Å². The van der Waals surface area contributed by atoms with E-state index >= 15 is 0 Å². The number of likely N-dealkylation sites (tertiary alicyclic amines) is 1. The first-order chi connectivity index (χ1) is 4.70. The lowest BCUT2D eigenvalue weighted by molar-refractivity contribution is 0.134. The Balaban J connectivity index is 2.12. The zero-order chi connectivity index (χ0) is 7.30. The molecule has 1 N–H and O–H groups in total. The van der Waals surface area contributed by atoms with Crippen LogP contribution >= 0.6 is 0 Å². The molecule has 1 heterocycles. The number of nitrogens with zero attached hydrogens (tertiary/aromatic N) is 1. The third-order valence-electron chi connectivity index (χ3n) is 2.58. The van der Waals surface area contributed by atoms with Gasteiger partial charge in [0.25, 0.3) is 0 Å². The number of carboxylic acid groups (broad SMARTS) is 1. The fraction of sp³-hybridized carbons (Fsp3) is 0.857. The molecule has 2 fully saturated rings. The molecule has 3 nitrogen and oxygen atoms in total. The Morgan fingerprint density at radius 1 is 1.60 bits per heavy atom. The number of fused-ring (bicyclic) bond motifs is 1. The Hall–Kier alpha value is -0.730. The van der Waals surface area contributed by atoms with E-state index in [-0.39, 0.29) is 6.04 Å². The van der Waals surface area contributed by atoms with Gasteiger partial charge in [-0.2, -0.15) is 0 Å². The molecule has 0 aromatic rings. The molecule has 10 heavy (non-hydrogen) atoms. The number of hydrogen-bond donors (Lipinski definition) is 1. The highest BCUT2D eigenvalue weighted by atomic mass is 16.4. The Morgan fingerprint density at radius 3 is 2.60 bits per heavy atom. The van der Waals surface area contributed by atoms with Gasteiger partial charge in [0.05, 0.1) is 0 Å². The average Bonchev–Trinajstić information content (AvgIpc) is 2.42. The normalized spacial score (nSPS) is 43.3. The fourth-order valence-electron chi connectivity index (χ4n) is 2.03. The Kier molecular flexibility index (Phi) is 0.993. The van der Waals surface area contributed by atoms with Gasteiger partial charge in [-0.1, -0.05) is 0 Å². The zero-order valence-electron chi connectivity index (χ0n) is 5.95. The Bertz CT molecular complexity index is 178. The van der Waals surface area contributed by atoms with Crippen molar-refractivity contribution in [3.05, 3.63) is 0 Å². The second-order valence-corrected chi connectivity index (χ2v) is 3.34. The summed E-state index contributed by atoms with van der Waals surface area (Å²) in [5, 5.41) is 8.71. The van der Waals surface area contributed by atoms with Crippen molar-refractivity contribution in [1.82, 2.24) is 4.90 Å². The molecule has 1 aliphatic heterocycles. The summed E-state index contributed by atoms with van der Waals surface area (Å²) in [6.45, 7) is 1.99. The monoisotopic (exact) mass is 141 g/mol. The second kappa shape index (κ2) is 1.65. The van der Waals surface area contributed by atoms with Crippen LogP contribution in [0.5, 0.6) is 0 Å². The third kappa shape index (κ3) is 0.632. The van der Waals surface area contributed by atoms with Gasteiger partial charge >= 0.3 is 6.09 Å². The molecule has 2 aliphatic rings. The van der Waals surface area contributed by atoms with Gasteiger partial charge in [-0.25, -0.2) is 4.79 Å². The molecule has 0 radical (unpaired) electrons. The van der Waals surface area contributed by atoms with Gasteiger partial charge in [0, 0.05) is 12.1 Å². The van der Waals surface area contributed by atoms with E-state index in [1.54, 1.807) is 4.90 Å². The van der Waals surface area contributed by atoms with Crippen LogP contribution in [0.15, 0.2) is 0 Å². The first kappa shape index (κ1) is 6.01. The van der Waals surface area contributed by atoms with Crippen LogP contribution in [0.4, 0.5) is 4.79 Å². The summed E-state index contributed by atoms with van der Waals surface area (Å²) in [7, 11) is 0. The van der Waals surface area contributed by atoms with Gasteiger partial charge in [0.1, 0.15) is 0 Å². The standard InChI is InChI=1S/C7H11NO2/c1-4-2-5-3-6(5)8(4)7(9)10/h4-6H,2-3H2,1H3,(H,9,10)/t4-,5-,6+/m1/s1. The van der Waals surface area contributed by atoms with Crippen LogP contribution in [0.1, 0.15) is 19.8 Å². The predicted molar refractivity (Wildman–Crippen MR) is 35.8 cm³/mol. The van der Waals surface area contributed by atoms with Crippen LogP contribution in [-0.2, 0) is 0 Å². The highest BCUT2D eigenvalue weighted by Gasteiger charge is 2.52. The summed E-state index contributed by atoms with van der Waals surface area (Å²) >= 11 is 0. The lowest BCUT2D eigenvalue weighted by Crippen LogP contribution is -2.35. The third-order valence-corrected chi connectivity index (χ3v) is 2.58. The van der Waals surface area contributed by atoms with Crippen LogP contribution in [0, 0.1) is 5.92 Å². The lowest BCUT2D eigenvalue weighted by atomic mass is 10.2. The summed E-state index contributed by atoms with van der Waals surface area (Å²) in [5.74, 6) is 0.700. The largest absolute Gasteiger partial charge is 0.465 e. The number of piperidine rings is 1. The molecule has 3 atom stereocenters. The summed E-state index contributed by atoms with van der Waals surface area (Å²) in [6, 6.07) is 0.647. The minimum absolute atomic E-state index is 0.265. The number of hydrogen-bond acceptors (Lipinski definition) is 1. The van der Waals surface area contributed by atoms with E-state index in [0.717, 1.165) is 12.8 Å². The van der Waals surface area contributed by atoms with Gasteiger partial charge in [0.15, 0.2) is 0 Å². The van der Waals surface area contributed by atoms with Gasteiger partial charge in [0.2, 0.25) is 0 Å². The van der Waals surface area contributed by atoms with Crippen LogP contribution < -0.4 is 0 Å². The topological polar surface area (TPSA) is 40.5 Å². The second-order valence-electron chi connectivity index (χ2n) is 3.34. The molecule has 1 aliphatic carbocycles. The van der Waals surface area contributed by atoms with Crippen molar-refractivity contribution >= 4 is 6.09 Å². The van der Waals surface area contributed by atoms with Crippen molar-refractivity contribution in [1.29, 1.82) is 0 Å². The first-order valence-corrected chi connectivity index (χ1v) is 3.71. The van der Waals surface area contributed by atoms with Crippen molar-refractivity contribution in [2.75, 3.05) is 0 Å². The van der Waals surface area contributed by atoms with Crippen LogP contribution in [-0.4, -0.2) is 28.2 Å². The van der Waals surface area contributed by atoms with Gasteiger partial charge in [-0.15, -0.1) is 0 Å². The molecule has 0 aromatic heterocycles. The molecule has 0 unspecified atom stereocenters. The Labute approximate surface area is 59.6 Å². The summed E-state index contributed by atoms with van der Waals surface area (Å²) < 4.78 is 0. The molecule has 0 bridgehead atoms. The predicted octanol–water partition coefficient (Wildman–Crippen LogP) is 1.15. The van der Waals surface area contributed by atoms with E-state index < -0.39 is 6.09 Å². The Morgan fingerprint density at radius 2 is 2.30 bits per heavy atom. The molecular formula is C7H11NO2. The fourth-order valence-corrected chi connectivity index (χ4v) is 2.03. The highest BCUT2D eigenvalue weighted by Crippen LogP contribution is 2.47. The van der Waals surface area contributed by atoms with E-state index in [4.69, 9.17) is 5.11 Å². The summed E-state index contributed by atoms with van der Waals surface area (Å²) in [6.07, 6.45) is 1.45.